The van der Waals surface area contributed by atoms with Gasteiger partial charge in [0.15, 0.2) is 11.5 Å². The molecule has 0 aliphatic carbocycles. The second kappa shape index (κ2) is 10.4. The quantitative estimate of drug-likeness (QED) is 0.296. The predicted molar refractivity (Wildman–Crippen MR) is 126 cm³/mol. The number of hydrogen-bond acceptors (Lipinski definition) is 10. The molecule has 182 valence electrons. The minimum absolute atomic E-state index is 0.0353. The molecule has 3 heterocycles. The van der Waals surface area contributed by atoms with Gasteiger partial charge in [-0.15, -0.1) is 0 Å². The summed E-state index contributed by atoms with van der Waals surface area (Å²) < 4.78 is 38.2. The van der Waals surface area contributed by atoms with E-state index in [0.29, 0.717) is 29.8 Å². The topological polar surface area (TPSA) is 153 Å². The third-order valence-corrected chi connectivity index (χ3v) is 7.28. The monoisotopic (exact) mass is 554 g/mol. The first-order chi connectivity index (χ1) is 16.3. The van der Waals surface area contributed by atoms with Gasteiger partial charge < -0.3 is 19.7 Å². The fourth-order valence-corrected chi connectivity index (χ4v) is 5.39. The SMILES string of the molecule is COC(=O)C(C)NP(=O)(OC[C@@H]1CC[C@H](n2cnc3c(N)ncnc32)O1)Oc1cccc(Br)c1. The Morgan fingerprint density at radius 1 is 1.38 bits per heavy atom. The molecule has 0 amide bonds. The molecule has 3 aromatic rings. The molecule has 1 aromatic carbocycles. The highest BCUT2D eigenvalue weighted by Gasteiger charge is 2.35. The number of benzene rings is 1. The second-order valence-electron chi connectivity index (χ2n) is 7.59. The van der Waals surface area contributed by atoms with Crippen LogP contribution >= 0.6 is 23.7 Å². The van der Waals surface area contributed by atoms with Crippen LogP contribution in [0, 0.1) is 0 Å². The highest BCUT2D eigenvalue weighted by atomic mass is 79.9. The van der Waals surface area contributed by atoms with E-state index in [1.807, 2.05) is 0 Å². The molecule has 1 fully saturated rings. The molecule has 3 N–H and O–H groups in total. The average molecular weight is 555 g/mol. The molecule has 4 atom stereocenters. The van der Waals surface area contributed by atoms with Gasteiger partial charge >= 0.3 is 13.7 Å². The number of halogens is 1. The Kier molecular flexibility index (Phi) is 7.48. The van der Waals surface area contributed by atoms with E-state index in [1.165, 1.54) is 20.4 Å². The number of rotatable bonds is 9. The summed E-state index contributed by atoms with van der Waals surface area (Å²) in [5.41, 5.74) is 6.92. The van der Waals surface area contributed by atoms with Crippen molar-refractivity contribution in [2.45, 2.75) is 38.1 Å². The van der Waals surface area contributed by atoms with E-state index in [0.717, 1.165) is 4.47 Å². The van der Waals surface area contributed by atoms with Crippen molar-refractivity contribution in [2.75, 3.05) is 19.5 Å². The standard InChI is InChI=1S/C20H24BrN6O6P/c1-12(20(28)30-2)26-34(29,33-14-5-3-4-13(21)8-14)31-9-15-6-7-16(32-15)27-11-25-17-18(22)23-10-24-19(17)27/h3-5,8,10-12,15-16H,6-7,9H2,1-2H3,(H,26,29)(H2,22,23,24)/t12?,15-,16+,34?/m0/s1. The zero-order valence-corrected chi connectivity index (χ0v) is 20.9. The third kappa shape index (κ3) is 5.56. The number of nitrogens with two attached hydrogens (primary N) is 1. The lowest BCUT2D eigenvalue weighted by Gasteiger charge is -2.24. The smallest absolute Gasteiger partial charge is 0.459 e. The van der Waals surface area contributed by atoms with E-state index in [1.54, 1.807) is 35.2 Å². The number of anilines is 1. The molecule has 0 radical (unpaired) electrons. The zero-order chi connectivity index (χ0) is 24.3. The van der Waals surface area contributed by atoms with Crippen LogP contribution in [-0.4, -0.2) is 51.4 Å². The Morgan fingerprint density at radius 2 is 2.21 bits per heavy atom. The maximum absolute atomic E-state index is 13.5. The highest BCUT2D eigenvalue weighted by molar-refractivity contribution is 9.10. The van der Waals surface area contributed by atoms with E-state index in [-0.39, 0.29) is 24.8 Å². The van der Waals surface area contributed by atoms with E-state index >= 15 is 0 Å². The number of esters is 1. The summed E-state index contributed by atoms with van der Waals surface area (Å²) in [5, 5.41) is 2.62. The van der Waals surface area contributed by atoms with Crippen LogP contribution in [0.15, 0.2) is 41.4 Å². The number of carbonyl (C=O) groups excluding carboxylic acids is 1. The summed E-state index contributed by atoms with van der Waals surface area (Å²) in [6, 6.07) is 5.87. The number of imidazole rings is 1. The van der Waals surface area contributed by atoms with Crippen LogP contribution < -0.4 is 15.3 Å². The van der Waals surface area contributed by atoms with Gasteiger partial charge in [-0.1, -0.05) is 22.0 Å². The van der Waals surface area contributed by atoms with Crippen molar-refractivity contribution in [3.8, 4) is 5.75 Å². The number of nitrogens with zero attached hydrogens (tertiary/aromatic N) is 4. The fraction of sp³-hybridized carbons (Fsp3) is 0.400. The molecular weight excluding hydrogens is 531 g/mol. The van der Waals surface area contributed by atoms with E-state index in [2.05, 4.69) is 36.0 Å². The summed E-state index contributed by atoms with van der Waals surface area (Å²) in [4.78, 5) is 24.3. The van der Waals surface area contributed by atoms with Crippen molar-refractivity contribution in [3.05, 3.63) is 41.4 Å². The Bertz CT molecular complexity index is 1230. The summed E-state index contributed by atoms with van der Waals surface area (Å²) >= 11 is 3.35. The number of fused-ring (bicyclic) bond motifs is 1. The number of aromatic nitrogens is 4. The summed E-state index contributed by atoms with van der Waals surface area (Å²) in [6.45, 7) is 1.47. The van der Waals surface area contributed by atoms with Gasteiger partial charge in [0.05, 0.1) is 26.1 Å². The highest BCUT2D eigenvalue weighted by Crippen LogP contribution is 2.46. The Morgan fingerprint density at radius 3 is 2.97 bits per heavy atom. The largest absolute Gasteiger partial charge is 0.468 e. The molecular formula is C20H24BrN6O6P. The van der Waals surface area contributed by atoms with Gasteiger partial charge in [0, 0.05) is 4.47 Å². The normalized spacial score (nSPS) is 20.7. The third-order valence-electron chi connectivity index (χ3n) is 5.14. The van der Waals surface area contributed by atoms with Crippen LogP contribution in [0.25, 0.3) is 11.2 Å². The fourth-order valence-electron chi connectivity index (χ4n) is 3.50. The summed E-state index contributed by atoms with van der Waals surface area (Å²) in [7, 11) is -2.73. The molecule has 1 aliphatic rings. The summed E-state index contributed by atoms with van der Waals surface area (Å²) in [5.74, 6) is -0.0141. The van der Waals surface area contributed by atoms with Crippen molar-refractivity contribution in [1.82, 2.24) is 24.6 Å². The Labute approximate surface area is 203 Å². The van der Waals surface area contributed by atoms with Gasteiger partial charge in [-0.3, -0.25) is 13.9 Å². The molecule has 14 heteroatoms. The van der Waals surface area contributed by atoms with Crippen LogP contribution in [0.3, 0.4) is 0 Å². The van der Waals surface area contributed by atoms with Crippen molar-refractivity contribution in [2.24, 2.45) is 0 Å². The van der Waals surface area contributed by atoms with Gasteiger partial charge in [0.25, 0.3) is 0 Å². The van der Waals surface area contributed by atoms with Gasteiger partial charge in [0.2, 0.25) is 0 Å². The van der Waals surface area contributed by atoms with Crippen molar-refractivity contribution >= 4 is 46.6 Å². The van der Waals surface area contributed by atoms with Crippen LogP contribution in [0.4, 0.5) is 5.82 Å². The summed E-state index contributed by atoms with van der Waals surface area (Å²) in [6.07, 6.45) is 3.54. The number of nitrogen functional groups attached to an aromatic ring is 1. The number of ether oxygens (including phenoxy) is 2. The van der Waals surface area contributed by atoms with E-state index < -0.39 is 19.8 Å². The molecule has 0 saturated carbocycles. The minimum Gasteiger partial charge on any atom is -0.468 e. The Hall–Kier alpha value is -2.57. The van der Waals surface area contributed by atoms with Crippen LogP contribution in [0.5, 0.6) is 5.75 Å². The lowest BCUT2D eigenvalue weighted by molar-refractivity contribution is -0.142. The number of hydrogen-bond donors (Lipinski definition) is 2. The molecule has 0 bridgehead atoms. The maximum atomic E-state index is 13.5. The van der Waals surface area contributed by atoms with Gasteiger partial charge in [-0.05, 0) is 38.0 Å². The second-order valence-corrected chi connectivity index (χ2v) is 10.2. The number of methoxy groups -OCH3 is 1. The van der Waals surface area contributed by atoms with Crippen molar-refractivity contribution < 1.29 is 27.9 Å². The average Bonchev–Trinajstić information content (AvgIpc) is 3.44. The molecule has 4 rings (SSSR count). The zero-order valence-electron chi connectivity index (χ0n) is 18.5. The van der Waals surface area contributed by atoms with Crippen LogP contribution in [0.2, 0.25) is 0 Å². The molecule has 2 aromatic heterocycles. The molecule has 1 saturated heterocycles. The van der Waals surface area contributed by atoms with Crippen molar-refractivity contribution in [1.29, 1.82) is 0 Å². The molecule has 1 aliphatic heterocycles. The van der Waals surface area contributed by atoms with Gasteiger partial charge in [-0.2, -0.15) is 5.09 Å². The molecule has 12 nitrogen and oxygen atoms in total. The lowest BCUT2D eigenvalue weighted by Crippen LogP contribution is -2.35. The first kappa shape index (κ1) is 24.6. The van der Waals surface area contributed by atoms with Crippen LogP contribution in [-0.2, 0) is 23.4 Å². The van der Waals surface area contributed by atoms with Gasteiger partial charge in [-0.25, -0.2) is 19.5 Å². The molecule has 2 unspecified atom stereocenters. The molecule has 34 heavy (non-hydrogen) atoms. The lowest BCUT2D eigenvalue weighted by atomic mass is 10.2. The van der Waals surface area contributed by atoms with E-state index in [4.69, 9.17) is 24.3 Å². The molecule has 0 spiro atoms. The first-order valence-corrected chi connectivity index (χ1v) is 12.8. The number of nitrogens with one attached hydrogen (secondary N) is 1. The van der Waals surface area contributed by atoms with E-state index in [9.17, 15) is 9.36 Å². The van der Waals surface area contributed by atoms with Gasteiger partial charge in [0.1, 0.15) is 29.9 Å². The van der Waals surface area contributed by atoms with Crippen molar-refractivity contribution in [3.63, 3.8) is 0 Å². The maximum Gasteiger partial charge on any atom is 0.459 e. The minimum atomic E-state index is -3.97. The number of carbonyl (C=O) groups is 1. The first-order valence-electron chi connectivity index (χ1n) is 10.4. The van der Waals surface area contributed by atoms with Crippen LogP contribution in [0.1, 0.15) is 26.0 Å². The Balaban J connectivity index is 1.45. The predicted octanol–water partition coefficient (Wildman–Crippen LogP) is 3.20.